The molecule has 0 aromatic carbocycles. The van der Waals surface area contributed by atoms with Crippen LogP contribution in [0.25, 0.3) is 0 Å². The van der Waals surface area contributed by atoms with Gasteiger partial charge < -0.3 is 4.90 Å². The van der Waals surface area contributed by atoms with Crippen molar-refractivity contribution in [2.75, 3.05) is 12.0 Å². The van der Waals surface area contributed by atoms with Crippen LogP contribution in [0.3, 0.4) is 0 Å². The lowest BCUT2D eigenvalue weighted by molar-refractivity contribution is 0.129. The molecular formula is C13H20ClN5O. The zero-order valence-electron chi connectivity index (χ0n) is 11.8. The minimum atomic E-state index is -0.148. The van der Waals surface area contributed by atoms with Crippen molar-refractivity contribution in [2.24, 2.45) is 5.92 Å². The second-order valence-corrected chi connectivity index (χ2v) is 5.61. The van der Waals surface area contributed by atoms with E-state index in [0.717, 1.165) is 19.4 Å². The van der Waals surface area contributed by atoms with Crippen molar-refractivity contribution in [3.63, 3.8) is 0 Å². The summed E-state index contributed by atoms with van der Waals surface area (Å²) in [5.74, 6) is 0.793. The molecule has 1 atom stereocenters. The Morgan fingerprint density at radius 3 is 2.85 bits per heavy atom. The van der Waals surface area contributed by atoms with Gasteiger partial charge >= 0.3 is 6.03 Å². The highest BCUT2D eigenvalue weighted by Gasteiger charge is 2.28. The lowest BCUT2D eigenvalue weighted by Crippen LogP contribution is -2.51. The van der Waals surface area contributed by atoms with Crippen molar-refractivity contribution in [2.45, 2.75) is 39.2 Å². The highest BCUT2D eigenvalue weighted by Crippen LogP contribution is 2.23. The van der Waals surface area contributed by atoms with Crippen LogP contribution in [0.4, 0.5) is 10.6 Å². The Labute approximate surface area is 123 Å². The highest BCUT2D eigenvalue weighted by atomic mass is 35.5. The van der Waals surface area contributed by atoms with Gasteiger partial charge in [-0.2, -0.15) is 0 Å². The summed E-state index contributed by atoms with van der Waals surface area (Å²) in [6.07, 6.45) is 6.28. The molecule has 2 N–H and O–H groups in total. The Morgan fingerprint density at radius 2 is 2.15 bits per heavy atom. The van der Waals surface area contributed by atoms with Crippen LogP contribution >= 0.6 is 11.6 Å². The average molecular weight is 298 g/mol. The Kier molecular flexibility index (Phi) is 5.00. The van der Waals surface area contributed by atoms with Gasteiger partial charge in [0, 0.05) is 25.0 Å². The van der Waals surface area contributed by atoms with Crippen LogP contribution in [0.15, 0.2) is 12.4 Å². The first-order valence-corrected chi connectivity index (χ1v) is 7.26. The highest BCUT2D eigenvalue weighted by molar-refractivity contribution is 6.31. The molecular weight excluding hydrogens is 278 g/mol. The molecule has 1 aliphatic rings. The number of halogens is 1. The molecule has 1 aliphatic heterocycles. The van der Waals surface area contributed by atoms with Crippen molar-refractivity contribution in [1.82, 2.24) is 20.3 Å². The third-order valence-corrected chi connectivity index (χ3v) is 3.80. The van der Waals surface area contributed by atoms with Gasteiger partial charge in [0.05, 0.1) is 0 Å². The summed E-state index contributed by atoms with van der Waals surface area (Å²) in [5.41, 5.74) is 5.37. The maximum absolute atomic E-state index is 12.3. The first kappa shape index (κ1) is 14.8. The molecule has 1 aromatic heterocycles. The first-order chi connectivity index (χ1) is 9.59. The molecule has 20 heavy (non-hydrogen) atoms. The number of hydrogen-bond acceptors (Lipinski definition) is 4. The second kappa shape index (κ2) is 6.74. The number of nitrogens with zero attached hydrogens (tertiary/aromatic N) is 3. The van der Waals surface area contributed by atoms with E-state index >= 15 is 0 Å². The fraction of sp³-hybridized carbons (Fsp3) is 0.615. The van der Waals surface area contributed by atoms with Gasteiger partial charge in [0.25, 0.3) is 0 Å². The number of hydrazine groups is 1. The van der Waals surface area contributed by atoms with Crippen molar-refractivity contribution < 1.29 is 4.79 Å². The van der Waals surface area contributed by atoms with E-state index in [4.69, 9.17) is 11.6 Å². The molecule has 6 nitrogen and oxygen atoms in total. The van der Waals surface area contributed by atoms with E-state index < -0.39 is 0 Å². The van der Waals surface area contributed by atoms with Crippen LogP contribution in [0.5, 0.6) is 0 Å². The fourth-order valence-corrected chi connectivity index (χ4v) is 2.64. The number of carbonyl (C=O) groups is 1. The van der Waals surface area contributed by atoms with Crippen LogP contribution in [0, 0.1) is 5.92 Å². The summed E-state index contributed by atoms with van der Waals surface area (Å²) in [6.45, 7) is 5.07. The topological polar surface area (TPSA) is 70.2 Å². The van der Waals surface area contributed by atoms with E-state index in [-0.39, 0.29) is 17.2 Å². The molecule has 1 unspecified atom stereocenters. The van der Waals surface area contributed by atoms with Gasteiger partial charge in [-0.05, 0) is 25.2 Å². The summed E-state index contributed by atoms with van der Waals surface area (Å²) in [5, 5.41) is 0.229. The molecule has 2 heterocycles. The zero-order valence-corrected chi connectivity index (χ0v) is 12.5. The fourth-order valence-electron chi connectivity index (χ4n) is 2.49. The molecule has 1 saturated heterocycles. The molecule has 7 heteroatoms. The smallest absolute Gasteiger partial charge is 0.320 e. The third kappa shape index (κ3) is 3.50. The predicted molar refractivity (Wildman–Crippen MR) is 78.4 cm³/mol. The minimum absolute atomic E-state index is 0.148. The molecule has 0 bridgehead atoms. The number of carbonyl (C=O) groups excluding carboxylic acids is 1. The molecule has 110 valence electrons. The molecule has 2 amide bonds. The van der Waals surface area contributed by atoms with Gasteiger partial charge in [-0.25, -0.2) is 14.8 Å². The SMILES string of the molecule is CC(C)C1CCCCN1C(=O)NNc1nccnc1Cl. The van der Waals surface area contributed by atoms with Gasteiger partial charge in [-0.1, -0.05) is 25.4 Å². The standard InChI is InChI=1S/C13H20ClN5O/c1-9(2)10-5-3-4-8-19(10)13(20)18-17-12-11(14)15-6-7-16-12/h6-7,9-10H,3-5,8H2,1-2H3,(H,16,17)(H,18,20). The Hall–Kier alpha value is -1.56. The van der Waals surface area contributed by atoms with Crippen LogP contribution in [-0.2, 0) is 0 Å². The number of rotatable bonds is 3. The summed E-state index contributed by atoms with van der Waals surface area (Å²) < 4.78 is 0. The van der Waals surface area contributed by atoms with Crippen LogP contribution in [0.2, 0.25) is 5.15 Å². The summed E-state index contributed by atoms with van der Waals surface area (Å²) in [4.78, 5) is 22.0. The average Bonchev–Trinajstić information content (AvgIpc) is 2.46. The summed E-state index contributed by atoms with van der Waals surface area (Å²) >= 11 is 5.87. The third-order valence-electron chi connectivity index (χ3n) is 3.52. The molecule has 0 saturated carbocycles. The minimum Gasteiger partial charge on any atom is -0.320 e. The number of urea groups is 1. The van der Waals surface area contributed by atoms with Crippen molar-refractivity contribution in [3.05, 3.63) is 17.5 Å². The van der Waals surface area contributed by atoms with Crippen molar-refractivity contribution >= 4 is 23.4 Å². The lowest BCUT2D eigenvalue weighted by Gasteiger charge is -2.38. The lowest BCUT2D eigenvalue weighted by atomic mass is 9.93. The maximum atomic E-state index is 12.3. The zero-order chi connectivity index (χ0) is 14.5. The molecule has 1 fully saturated rings. The number of hydrogen-bond donors (Lipinski definition) is 2. The van der Waals surface area contributed by atoms with Gasteiger partial charge in [0.2, 0.25) is 0 Å². The number of amides is 2. The van der Waals surface area contributed by atoms with Gasteiger partial charge in [0.15, 0.2) is 11.0 Å². The number of aromatic nitrogens is 2. The first-order valence-electron chi connectivity index (χ1n) is 6.88. The quantitative estimate of drug-likeness (QED) is 0.842. The number of likely N-dealkylation sites (tertiary alicyclic amines) is 1. The molecule has 0 spiro atoms. The number of nitrogens with one attached hydrogen (secondary N) is 2. The van der Waals surface area contributed by atoms with E-state index in [9.17, 15) is 4.79 Å². The van der Waals surface area contributed by atoms with Gasteiger partial charge in [-0.3, -0.25) is 10.9 Å². The molecule has 1 aromatic rings. The van der Waals surface area contributed by atoms with Crippen LogP contribution in [-0.4, -0.2) is 33.5 Å². The van der Waals surface area contributed by atoms with Crippen molar-refractivity contribution in [3.8, 4) is 0 Å². The Morgan fingerprint density at radius 1 is 1.40 bits per heavy atom. The van der Waals surface area contributed by atoms with Crippen molar-refractivity contribution in [1.29, 1.82) is 0 Å². The van der Waals surface area contributed by atoms with E-state index in [1.54, 1.807) is 0 Å². The Balaban J connectivity index is 1.95. The van der Waals surface area contributed by atoms with Gasteiger partial charge in [-0.15, -0.1) is 0 Å². The summed E-state index contributed by atoms with van der Waals surface area (Å²) in [6, 6.07) is 0.132. The monoisotopic (exact) mass is 297 g/mol. The normalized spacial score (nSPS) is 19.0. The molecule has 0 radical (unpaired) electrons. The largest absolute Gasteiger partial charge is 0.336 e. The van der Waals surface area contributed by atoms with E-state index in [1.807, 2.05) is 4.90 Å². The van der Waals surface area contributed by atoms with E-state index in [1.165, 1.54) is 18.8 Å². The number of piperidine rings is 1. The van der Waals surface area contributed by atoms with Gasteiger partial charge in [0.1, 0.15) is 0 Å². The van der Waals surface area contributed by atoms with Crippen LogP contribution < -0.4 is 10.9 Å². The Bertz CT molecular complexity index is 468. The molecule has 2 rings (SSSR count). The van der Waals surface area contributed by atoms with Crippen LogP contribution in [0.1, 0.15) is 33.1 Å². The second-order valence-electron chi connectivity index (χ2n) is 5.25. The molecule has 0 aliphatic carbocycles. The van der Waals surface area contributed by atoms with E-state index in [0.29, 0.717) is 11.7 Å². The maximum Gasteiger partial charge on any atom is 0.336 e. The predicted octanol–water partition coefficient (Wildman–Crippen LogP) is 2.68. The van der Waals surface area contributed by atoms with E-state index in [2.05, 4.69) is 34.7 Å². The number of anilines is 1. The summed E-state index contributed by atoms with van der Waals surface area (Å²) in [7, 11) is 0.